The van der Waals surface area contributed by atoms with Crippen molar-refractivity contribution in [3.05, 3.63) is 35.9 Å². The molecule has 0 bridgehead atoms. The number of hydrogen-bond acceptors (Lipinski definition) is 4. The third-order valence-corrected chi connectivity index (χ3v) is 5.20. The fraction of sp³-hybridized carbons (Fsp3) is 0.357. The predicted molar refractivity (Wildman–Crippen MR) is 77.3 cm³/mol. The van der Waals surface area contributed by atoms with Crippen LogP contribution >= 0.6 is 0 Å². The lowest BCUT2D eigenvalue weighted by molar-refractivity contribution is -0.131. The maximum absolute atomic E-state index is 12.6. The number of morpholine rings is 1. The van der Waals surface area contributed by atoms with E-state index in [2.05, 4.69) is 0 Å². The Bertz CT molecular complexity index is 653. The molecule has 0 radical (unpaired) electrons. The monoisotopic (exact) mass is 311 g/mol. The molecular formula is C14H17NO5S. The van der Waals surface area contributed by atoms with Gasteiger partial charge in [-0.05, 0) is 30.7 Å². The minimum absolute atomic E-state index is 0.156. The van der Waals surface area contributed by atoms with Gasteiger partial charge in [-0.1, -0.05) is 12.1 Å². The summed E-state index contributed by atoms with van der Waals surface area (Å²) in [6.07, 6.45) is 2.34. The van der Waals surface area contributed by atoms with Gasteiger partial charge in [0.05, 0.1) is 18.1 Å². The van der Waals surface area contributed by atoms with Crippen LogP contribution in [0.4, 0.5) is 0 Å². The van der Waals surface area contributed by atoms with Gasteiger partial charge in [-0.15, -0.1) is 0 Å². The van der Waals surface area contributed by atoms with Crippen LogP contribution in [-0.2, 0) is 19.6 Å². The van der Waals surface area contributed by atoms with E-state index in [1.165, 1.54) is 22.5 Å². The Hall–Kier alpha value is -1.70. The second kappa shape index (κ2) is 6.38. The van der Waals surface area contributed by atoms with Crippen molar-refractivity contribution in [2.24, 2.45) is 0 Å². The average Bonchev–Trinajstić information content (AvgIpc) is 2.45. The molecule has 1 aliphatic rings. The van der Waals surface area contributed by atoms with E-state index in [9.17, 15) is 13.2 Å². The summed E-state index contributed by atoms with van der Waals surface area (Å²) in [5, 5.41) is 8.62. The summed E-state index contributed by atoms with van der Waals surface area (Å²) in [6.45, 7) is 2.86. The molecule has 1 fully saturated rings. The van der Waals surface area contributed by atoms with Crippen LogP contribution in [-0.4, -0.2) is 49.6 Å². The zero-order valence-electron chi connectivity index (χ0n) is 11.6. The van der Waals surface area contributed by atoms with Gasteiger partial charge in [0.2, 0.25) is 10.0 Å². The molecule has 6 nitrogen and oxygen atoms in total. The van der Waals surface area contributed by atoms with Crippen LogP contribution in [0.15, 0.2) is 35.2 Å². The van der Waals surface area contributed by atoms with E-state index in [1.54, 1.807) is 19.1 Å². The Kier molecular flexibility index (Phi) is 4.76. The van der Waals surface area contributed by atoms with Gasteiger partial charge in [-0.3, -0.25) is 0 Å². The maximum atomic E-state index is 12.6. The summed E-state index contributed by atoms with van der Waals surface area (Å²) in [4.78, 5) is 10.7. The molecule has 0 spiro atoms. The second-order valence-corrected chi connectivity index (χ2v) is 6.67. The van der Waals surface area contributed by atoms with E-state index in [0.717, 1.165) is 6.08 Å². The van der Waals surface area contributed by atoms with Gasteiger partial charge >= 0.3 is 5.97 Å². The first-order chi connectivity index (χ1) is 9.91. The third kappa shape index (κ3) is 3.69. The predicted octanol–water partition coefficient (Wildman–Crippen LogP) is 1.19. The van der Waals surface area contributed by atoms with Gasteiger partial charge in [-0.2, -0.15) is 4.31 Å². The highest BCUT2D eigenvalue weighted by molar-refractivity contribution is 7.89. The fourth-order valence-electron chi connectivity index (χ4n) is 2.15. The highest BCUT2D eigenvalue weighted by Crippen LogP contribution is 2.21. The van der Waals surface area contributed by atoms with E-state index in [0.29, 0.717) is 25.3 Å². The molecule has 0 aliphatic carbocycles. The van der Waals surface area contributed by atoms with E-state index in [4.69, 9.17) is 9.84 Å². The summed E-state index contributed by atoms with van der Waals surface area (Å²) < 4.78 is 31.9. The molecule has 1 atom stereocenters. The van der Waals surface area contributed by atoms with Crippen LogP contribution in [0.2, 0.25) is 0 Å². The maximum Gasteiger partial charge on any atom is 0.328 e. The Morgan fingerprint density at radius 2 is 2.24 bits per heavy atom. The fourth-order valence-corrected chi connectivity index (χ4v) is 3.81. The van der Waals surface area contributed by atoms with Crippen LogP contribution in [0.1, 0.15) is 12.5 Å². The summed E-state index contributed by atoms with van der Waals surface area (Å²) in [5.74, 6) is -1.08. The number of ether oxygens (including phenoxy) is 1. The molecule has 7 heteroatoms. The number of hydrogen-bond donors (Lipinski definition) is 1. The summed E-state index contributed by atoms with van der Waals surface area (Å²) in [5.41, 5.74) is 0.527. The first-order valence-corrected chi connectivity index (χ1v) is 7.96. The molecular weight excluding hydrogens is 294 g/mol. The molecule has 1 N–H and O–H groups in total. The molecule has 1 aliphatic heterocycles. The minimum atomic E-state index is -3.60. The van der Waals surface area contributed by atoms with Crippen molar-refractivity contribution >= 4 is 22.1 Å². The van der Waals surface area contributed by atoms with Crippen LogP contribution in [0.25, 0.3) is 6.08 Å². The average molecular weight is 311 g/mol. The largest absolute Gasteiger partial charge is 0.478 e. The van der Waals surface area contributed by atoms with Crippen LogP contribution in [0.3, 0.4) is 0 Å². The number of aliphatic carboxylic acids is 1. The van der Waals surface area contributed by atoms with Gasteiger partial charge in [-0.25, -0.2) is 13.2 Å². The molecule has 1 aromatic rings. The lowest BCUT2D eigenvalue weighted by Gasteiger charge is -2.32. The SMILES string of the molecule is CC1COCCN1S(=O)(=O)c1cccc(C=CC(=O)O)c1. The van der Waals surface area contributed by atoms with Crippen molar-refractivity contribution in [2.45, 2.75) is 17.9 Å². The minimum Gasteiger partial charge on any atom is -0.478 e. The van der Waals surface area contributed by atoms with Gasteiger partial charge in [0.15, 0.2) is 0 Å². The molecule has 1 heterocycles. The van der Waals surface area contributed by atoms with Crippen LogP contribution in [0, 0.1) is 0 Å². The topological polar surface area (TPSA) is 83.9 Å². The van der Waals surface area contributed by atoms with Crippen LogP contribution < -0.4 is 0 Å². The number of carbonyl (C=O) groups is 1. The molecule has 2 rings (SSSR count). The van der Waals surface area contributed by atoms with Gasteiger partial charge in [0.1, 0.15) is 0 Å². The summed E-state index contributed by atoms with van der Waals surface area (Å²) in [6, 6.07) is 6.01. The zero-order chi connectivity index (χ0) is 15.5. The Morgan fingerprint density at radius 3 is 2.90 bits per heavy atom. The Labute approximate surface area is 123 Å². The lowest BCUT2D eigenvalue weighted by Crippen LogP contribution is -2.46. The number of sulfonamides is 1. The van der Waals surface area contributed by atoms with Crippen molar-refractivity contribution in [1.29, 1.82) is 0 Å². The number of nitrogens with zero attached hydrogens (tertiary/aromatic N) is 1. The number of carboxylic acid groups (broad SMARTS) is 1. The van der Waals surface area contributed by atoms with E-state index in [-0.39, 0.29) is 10.9 Å². The van der Waals surface area contributed by atoms with Gasteiger partial charge in [0.25, 0.3) is 0 Å². The Balaban J connectivity index is 2.32. The standard InChI is InChI=1S/C14H17NO5S/c1-11-10-20-8-7-15(11)21(18,19)13-4-2-3-12(9-13)5-6-14(16)17/h2-6,9,11H,7-8,10H2,1H3,(H,16,17). The van der Waals surface area contributed by atoms with Crippen molar-refractivity contribution in [1.82, 2.24) is 4.31 Å². The second-order valence-electron chi connectivity index (χ2n) is 4.78. The van der Waals surface area contributed by atoms with E-state index >= 15 is 0 Å². The smallest absolute Gasteiger partial charge is 0.328 e. The quantitative estimate of drug-likeness (QED) is 0.845. The third-order valence-electron chi connectivity index (χ3n) is 3.19. The molecule has 1 saturated heterocycles. The van der Waals surface area contributed by atoms with Gasteiger partial charge < -0.3 is 9.84 Å². The molecule has 21 heavy (non-hydrogen) atoms. The molecule has 1 aromatic carbocycles. The van der Waals surface area contributed by atoms with Crippen molar-refractivity contribution in [2.75, 3.05) is 19.8 Å². The highest BCUT2D eigenvalue weighted by atomic mass is 32.2. The van der Waals surface area contributed by atoms with Crippen molar-refractivity contribution < 1.29 is 23.1 Å². The first-order valence-electron chi connectivity index (χ1n) is 6.52. The van der Waals surface area contributed by atoms with Crippen molar-refractivity contribution in [3.63, 3.8) is 0 Å². The highest BCUT2D eigenvalue weighted by Gasteiger charge is 2.31. The molecule has 0 aromatic heterocycles. The normalized spacial score (nSPS) is 20.7. The zero-order valence-corrected chi connectivity index (χ0v) is 12.4. The van der Waals surface area contributed by atoms with E-state index in [1.807, 2.05) is 0 Å². The van der Waals surface area contributed by atoms with Gasteiger partial charge in [0, 0.05) is 18.7 Å². The molecule has 0 saturated carbocycles. The first kappa shape index (κ1) is 15.7. The lowest BCUT2D eigenvalue weighted by atomic mass is 10.2. The van der Waals surface area contributed by atoms with Crippen molar-refractivity contribution in [3.8, 4) is 0 Å². The molecule has 114 valence electrons. The Morgan fingerprint density at radius 1 is 1.48 bits per heavy atom. The molecule has 0 amide bonds. The van der Waals surface area contributed by atoms with E-state index < -0.39 is 16.0 Å². The number of benzene rings is 1. The molecule has 1 unspecified atom stereocenters. The summed E-state index contributed by atoms with van der Waals surface area (Å²) in [7, 11) is -3.60. The number of carboxylic acids is 1. The van der Waals surface area contributed by atoms with Crippen LogP contribution in [0.5, 0.6) is 0 Å². The summed E-state index contributed by atoms with van der Waals surface area (Å²) >= 11 is 0. The number of rotatable bonds is 4.